The monoisotopic (exact) mass is 166 g/mol. The molecule has 1 aromatic heterocycles. The van der Waals surface area contributed by atoms with Crippen molar-refractivity contribution in [2.24, 2.45) is 0 Å². The molecule has 0 spiro atoms. The summed E-state index contributed by atoms with van der Waals surface area (Å²) in [7, 11) is 0. The van der Waals surface area contributed by atoms with Crippen LogP contribution < -0.4 is 5.32 Å². The van der Waals surface area contributed by atoms with E-state index in [1.165, 1.54) is 0 Å². The summed E-state index contributed by atoms with van der Waals surface area (Å²) in [4.78, 5) is 4.14. The number of aryl methyl sites for hydroxylation is 1. The number of hydrogen-bond acceptors (Lipinski definition) is 3. The average molecular weight is 166 g/mol. The lowest BCUT2D eigenvalue weighted by atomic mass is 10.2. The van der Waals surface area contributed by atoms with Gasteiger partial charge < -0.3 is 10.4 Å². The van der Waals surface area contributed by atoms with Crippen molar-refractivity contribution in [2.45, 2.75) is 19.9 Å². The molecule has 0 aliphatic rings. The summed E-state index contributed by atoms with van der Waals surface area (Å²) < 4.78 is 0. The Hall–Kier alpha value is -1.09. The Morgan fingerprint density at radius 3 is 3.00 bits per heavy atom. The van der Waals surface area contributed by atoms with Gasteiger partial charge >= 0.3 is 0 Å². The Balaban J connectivity index is 2.69. The Morgan fingerprint density at radius 1 is 1.67 bits per heavy atom. The maximum absolute atomic E-state index is 8.80. The minimum absolute atomic E-state index is 0.0543. The maximum atomic E-state index is 8.80. The second kappa shape index (κ2) is 4.07. The molecule has 0 aliphatic carbocycles. The van der Waals surface area contributed by atoms with E-state index in [4.69, 9.17) is 5.11 Å². The molecule has 0 fully saturated rings. The average Bonchev–Trinajstić information content (AvgIpc) is 2.09. The third kappa shape index (κ3) is 2.20. The van der Waals surface area contributed by atoms with Gasteiger partial charge in [-0.15, -0.1) is 0 Å². The Kier molecular flexibility index (Phi) is 3.05. The van der Waals surface area contributed by atoms with Crippen molar-refractivity contribution in [1.82, 2.24) is 4.98 Å². The molecule has 0 saturated carbocycles. The first-order chi connectivity index (χ1) is 5.74. The van der Waals surface area contributed by atoms with Crippen LogP contribution in [0.2, 0.25) is 0 Å². The SMILES string of the molecule is Cc1cccnc1NC(C)CO. The van der Waals surface area contributed by atoms with Gasteiger partial charge in [0.05, 0.1) is 6.61 Å². The molecule has 1 aromatic rings. The summed E-state index contributed by atoms with van der Waals surface area (Å²) in [6, 6.07) is 3.93. The lowest BCUT2D eigenvalue weighted by Crippen LogP contribution is -2.20. The molecule has 1 rings (SSSR count). The number of nitrogens with zero attached hydrogens (tertiary/aromatic N) is 1. The van der Waals surface area contributed by atoms with Gasteiger partial charge in [0, 0.05) is 12.2 Å². The molecule has 1 heterocycles. The first kappa shape index (κ1) is 9.00. The number of rotatable bonds is 3. The fourth-order valence-corrected chi connectivity index (χ4v) is 0.916. The number of nitrogens with one attached hydrogen (secondary N) is 1. The van der Waals surface area contributed by atoms with Gasteiger partial charge in [0.1, 0.15) is 5.82 Å². The van der Waals surface area contributed by atoms with E-state index in [0.29, 0.717) is 0 Å². The molecular formula is C9H14N2O. The fourth-order valence-electron chi connectivity index (χ4n) is 0.916. The second-order valence-corrected chi connectivity index (χ2v) is 2.90. The van der Waals surface area contributed by atoms with Crippen LogP contribution in [0, 0.1) is 6.92 Å². The highest BCUT2D eigenvalue weighted by atomic mass is 16.3. The molecule has 0 aliphatic heterocycles. The maximum Gasteiger partial charge on any atom is 0.129 e. The van der Waals surface area contributed by atoms with E-state index in [1.54, 1.807) is 6.20 Å². The molecule has 0 radical (unpaired) electrons. The zero-order chi connectivity index (χ0) is 8.97. The smallest absolute Gasteiger partial charge is 0.129 e. The molecule has 66 valence electrons. The predicted molar refractivity (Wildman–Crippen MR) is 49.1 cm³/mol. The Bertz CT molecular complexity index is 250. The minimum Gasteiger partial charge on any atom is -0.394 e. The van der Waals surface area contributed by atoms with Gasteiger partial charge in [-0.1, -0.05) is 6.07 Å². The molecule has 1 unspecified atom stereocenters. The second-order valence-electron chi connectivity index (χ2n) is 2.90. The zero-order valence-electron chi connectivity index (χ0n) is 7.41. The van der Waals surface area contributed by atoms with Crippen LogP contribution >= 0.6 is 0 Å². The van der Waals surface area contributed by atoms with Crippen molar-refractivity contribution in [3.63, 3.8) is 0 Å². The lowest BCUT2D eigenvalue weighted by molar-refractivity contribution is 0.281. The normalized spacial score (nSPS) is 12.6. The van der Waals surface area contributed by atoms with E-state index in [-0.39, 0.29) is 12.6 Å². The van der Waals surface area contributed by atoms with Crippen LogP contribution in [-0.4, -0.2) is 22.7 Å². The zero-order valence-corrected chi connectivity index (χ0v) is 7.41. The summed E-state index contributed by atoms with van der Waals surface area (Å²) in [5, 5.41) is 11.9. The molecule has 0 aromatic carbocycles. The van der Waals surface area contributed by atoms with E-state index in [9.17, 15) is 0 Å². The highest BCUT2D eigenvalue weighted by Crippen LogP contribution is 2.09. The van der Waals surface area contributed by atoms with Crippen molar-refractivity contribution in [1.29, 1.82) is 0 Å². The van der Waals surface area contributed by atoms with E-state index in [1.807, 2.05) is 26.0 Å². The number of hydrogen-bond donors (Lipinski definition) is 2. The summed E-state index contributed by atoms with van der Waals surface area (Å²) in [6.07, 6.45) is 1.74. The quantitative estimate of drug-likeness (QED) is 0.708. The van der Waals surface area contributed by atoms with E-state index < -0.39 is 0 Å². The number of anilines is 1. The molecule has 2 N–H and O–H groups in total. The third-order valence-corrected chi connectivity index (χ3v) is 1.67. The van der Waals surface area contributed by atoms with Crippen LogP contribution in [0.5, 0.6) is 0 Å². The van der Waals surface area contributed by atoms with Crippen LogP contribution in [-0.2, 0) is 0 Å². The molecule has 0 bridgehead atoms. The molecule has 1 atom stereocenters. The lowest BCUT2D eigenvalue weighted by Gasteiger charge is -2.12. The number of aliphatic hydroxyl groups excluding tert-OH is 1. The van der Waals surface area contributed by atoms with Crippen molar-refractivity contribution >= 4 is 5.82 Å². The van der Waals surface area contributed by atoms with Gasteiger partial charge in [-0.25, -0.2) is 4.98 Å². The Morgan fingerprint density at radius 2 is 2.42 bits per heavy atom. The Labute approximate surface area is 72.5 Å². The van der Waals surface area contributed by atoms with Crippen molar-refractivity contribution in [2.75, 3.05) is 11.9 Å². The topological polar surface area (TPSA) is 45.2 Å². The number of pyridine rings is 1. The predicted octanol–water partition coefficient (Wildman–Crippen LogP) is 1.18. The van der Waals surface area contributed by atoms with Gasteiger partial charge in [0.15, 0.2) is 0 Å². The molecule has 3 nitrogen and oxygen atoms in total. The van der Waals surface area contributed by atoms with Crippen LogP contribution in [0.1, 0.15) is 12.5 Å². The van der Waals surface area contributed by atoms with Crippen LogP contribution in [0.3, 0.4) is 0 Å². The molecular weight excluding hydrogens is 152 g/mol. The molecule has 12 heavy (non-hydrogen) atoms. The van der Waals surface area contributed by atoms with E-state index >= 15 is 0 Å². The standard InChI is InChI=1S/C9H14N2O/c1-7-4-3-5-10-9(7)11-8(2)6-12/h3-5,8,12H,6H2,1-2H3,(H,10,11). The van der Waals surface area contributed by atoms with Gasteiger partial charge in [-0.05, 0) is 25.5 Å². The van der Waals surface area contributed by atoms with Gasteiger partial charge in [-0.2, -0.15) is 0 Å². The van der Waals surface area contributed by atoms with Gasteiger partial charge in [0.25, 0.3) is 0 Å². The van der Waals surface area contributed by atoms with Crippen LogP contribution in [0.25, 0.3) is 0 Å². The van der Waals surface area contributed by atoms with Gasteiger partial charge in [0.2, 0.25) is 0 Å². The van der Waals surface area contributed by atoms with Crippen LogP contribution in [0.15, 0.2) is 18.3 Å². The number of aliphatic hydroxyl groups is 1. The fraction of sp³-hybridized carbons (Fsp3) is 0.444. The molecule has 3 heteroatoms. The molecule has 0 amide bonds. The van der Waals surface area contributed by atoms with Gasteiger partial charge in [-0.3, -0.25) is 0 Å². The van der Waals surface area contributed by atoms with Crippen molar-refractivity contribution in [3.05, 3.63) is 23.9 Å². The third-order valence-electron chi connectivity index (χ3n) is 1.67. The van der Waals surface area contributed by atoms with Crippen molar-refractivity contribution < 1.29 is 5.11 Å². The summed E-state index contributed by atoms with van der Waals surface area (Å²) >= 11 is 0. The van der Waals surface area contributed by atoms with E-state index in [0.717, 1.165) is 11.4 Å². The minimum atomic E-state index is 0.0543. The van der Waals surface area contributed by atoms with Crippen molar-refractivity contribution in [3.8, 4) is 0 Å². The first-order valence-electron chi connectivity index (χ1n) is 4.03. The number of aromatic nitrogens is 1. The summed E-state index contributed by atoms with van der Waals surface area (Å²) in [6.45, 7) is 4.02. The van der Waals surface area contributed by atoms with E-state index in [2.05, 4.69) is 10.3 Å². The largest absolute Gasteiger partial charge is 0.394 e. The molecule has 0 saturated heterocycles. The highest BCUT2D eigenvalue weighted by Gasteiger charge is 2.01. The van der Waals surface area contributed by atoms with Crippen LogP contribution in [0.4, 0.5) is 5.82 Å². The highest BCUT2D eigenvalue weighted by molar-refractivity contribution is 5.43. The summed E-state index contributed by atoms with van der Waals surface area (Å²) in [5.41, 5.74) is 1.10. The first-order valence-corrected chi connectivity index (χ1v) is 4.03. The summed E-state index contributed by atoms with van der Waals surface area (Å²) in [5.74, 6) is 0.846.